The van der Waals surface area contributed by atoms with Crippen LogP contribution in [-0.4, -0.2) is 12.2 Å². The van der Waals surface area contributed by atoms with Crippen molar-refractivity contribution in [3.05, 3.63) is 12.2 Å². The lowest BCUT2D eigenvalue weighted by molar-refractivity contribution is -0.108. The molecule has 0 saturated carbocycles. The third-order valence-electron chi connectivity index (χ3n) is 0.548. The van der Waals surface area contributed by atoms with Crippen LogP contribution in [0.25, 0.3) is 0 Å². The molecular formula is C5H8N2O. The van der Waals surface area contributed by atoms with Crippen LogP contribution < -0.4 is 5.32 Å². The highest BCUT2D eigenvalue weighted by molar-refractivity contribution is 5.96. The van der Waals surface area contributed by atoms with Crippen LogP contribution >= 0.6 is 0 Å². The van der Waals surface area contributed by atoms with E-state index in [0.717, 1.165) is 0 Å². The Hall–Kier alpha value is -1.12. The van der Waals surface area contributed by atoms with Crippen molar-refractivity contribution in [1.82, 2.24) is 5.32 Å². The lowest BCUT2D eigenvalue weighted by atomic mass is 10.5. The van der Waals surface area contributed by atoms with Gasteiger partial charge in [-0.25, -0.2) is 0 Å². The quantitative estimate of drug-likeness (QED) is 0.301. The number of hydrogen-bond donors (Lipinski definition) is 2. The molecule has 3 nitrogen and oxygen atoms in total. The zero-order valence-electron chi connectivity index (χ0n) is 4.64. The molecule has 3 heteroatoms. The summed E-state index contributed by atoms with van der Waals surface area (Å²) in [6, 6.07) is 0. The molecule has 0 bridgehead atoms. The van der Waals surface area contributed by atoms with Crippen LogP contribution in [0.15, 0.2) is 12.2 Å². The second-order valence-electron chi connectivity index (χ2n) is 1.18. The second-order valence-corrected chi connectivity index (χ2v) is 1.18. The summed E-state index contributed by atoms with van der Waals surface area (Å²) < 4.78 is 0. The summed E-state index contributed by atoms with van der Waals surface area (Å²) in [5.41, 5.74) is 0. The molecular weight excluding hydrogens is 104 g/mol. The smallest absolute Gasteiger partial charge is 0.212 e. The summed E-state index contributed by atoms with van der Waals surface area (Å²) >= 11 is 0. The standard InChI is InChI=1S/C5H8N2O/c1-2-3-5(6)7-4-8/h2-4H,1H3,(H2,6,7,8)/b3-2-. The molecule has 0 heterocycles. The largest absolute Gasteiger partial charge is 0.314 e. The molecule has 1 amide bonds. The van der Waals surface area contributed by atoms with Crippen LogP contribution in [0.4, 0.5) is 0 Å². The highest BCUT2D eigenvalue weighted by Gasteiger charge is 1.80. The molecule has 0 unspecified atom stereocenters. The Labute approximate surface area is 47.9 Å². The predicted octanol–water partition coefficient (Wildman–Crippen LogP) is 0.286. The molecule has 44 valence electrons. The summed E-state index contributed by atoms with van der Waals surface area (Å²) in [6.45, 7) is 1.78. The first kappa shape index (κ1) is 6.88. The van der Waals surface area contributed by atoms with Crippen molar-refractivity contribution in [2.75, 3.05) is 0 Å². The van der Waals surface area contributed by atoms with E-state index in [-0.39, 0.29) is 5.84 Å². The number of carbonyl (C=O) groups is 1. The van der Waals surface area contributed by atoms with Crippen LogP contribution in [0.2, 0.25) is 0 Å². The average molecular weight is 112 g/mol. The Balaban J connectivity index is 3.48. The second kappa shape index (κ2) is 4.05. The monoisotopic (exact) mass is 112 g/mol. The van der Waals surface area contributed by atoms with Crippen molar-refractivity contribution in [3.63, 3.8) is 0 Å². The molecule has 0 aliphatic rings. The van der Waals surface area contributed by atoms with Gasteiger partial charge in [-0.05, 0) is 13.0 Å². The van der Waals surface area contributed by atoms with E-state index in [1.54, 1.807) is 13.0 Å². The maximum Gasteiger partial charge on any atom is 0.212 e. The minimum Gasteiger partial charge on any atom is -0.314 e. The minimum atomic E-state index is 0.113. The van der Waals surface area contributed by atoms with Crippen molar-refractivity contribution in [3.8, 4) is 0 Å². The first-order valence-corrected chi connectivity index (χ1v) is 2.22. The lowest BCUT2D eigenvalue weighted by Crippen LogP contribution is -2.17. The Morgan fingerprint density at radius 3 is 2.75 bits per heavy atom. The van der Waals surface area contributed by atoms with Gasteiger partial charge in [-0.3, -0.25) is 10.2 Å². The Bertz CT molecular complexity index is 118. The van der Waals surface area contributed by atoms with Gasteiger partial charge >= 0.3 is 0 Å². The molecule has 0 rings (SSSR count). The van der Waals surface area contributed by atoms with Crippen LogP contribution in [0.5, 0.6) is 0 Å². The number of amides is 1. The molecule has 0 aromatic carbocycles. The van der Waals surface area contributed by atoms with Gasteiger partial charge in [-0.1, -0.05) is 6.08 Å². The molecule has 0 aliphatic heterocycles. The van der Waals surface area contributed by atoms with Crippen molar-refractivity contribution < 1.29 is 4.79 Å². The van der Waals surface area contributed by atoms with Crippen LogP contribution in [-0.2, 0) is 4.79 Å². The first-order valence-electron chi connectivity index (χ1n) is 2.22. The fourth-order valence-electron chi connectivity index (χ4n) is 0.278. The van der Waals surface area contributed by atoms with E-state index in [1.165, 1.54) is 6.08 Å². The molecule has 0 radical (unpaired) electrons. The van der Waals surface area contributed by atoms with E-state index in [4.69, 9.17) is 5.41 Å². The number of carbonyl (C=O) groups excluding carboxylic acids is 1. The lowest BCUT2D eigenvalue weighted by Gasteiger charge is -1.88. The zero-order chi connectivity index (χ0) is 6.41. The Morgan fingerprint density at radius 2 is 2.38 bits per heavy atom. The van der Waals surface area contributed by atoms with E-state index in [0.29, 0.717) is 6.41 Å². The molecule has 0 saturated heterocycles. The summed E-state index contributed by atoms with van der Waals surface area (Å²) in [7, 11) is 0. The maximum atomic E-state index is 9.60. The van der Waals surface area contributed by atoms with E-state index >= 15 is 0 Å². The number of hydrogen-bond acceptors (Lipinski definition) is 2. The number of rotatable bonds is 2. The van der Waals surface area contributed by atoms with Gasteiger partial charge in [0, 0.05) is 0 Å². The molecule has 8 heavy (non-hydrogen) atoms. The van der Waals surface area contributed by atoms with Crippen molar-refractivity contribution in [2.24, 2.45) is 0 Å². The fourth-order valence-corrected chi connectivity index (χ4v) is 0.278. The Morgan fingerprint density at radius 1 is 1.75 bits per heavy atom. The highest BCUT2D eigenvalue weighted by Crippen LogP contribution is 1.67. The third-order valence-corrected chi connectivity index (χ3v) is 0.548. The number of amidine groups is 1. The van der Waals surface area contributed by atoms with Gasteiger partial charge in [0.1, 0.15) is 5.84 Å². The van der Waals surface area contributed by atoms with Gasteiger partial charge in [0.15, 0.2) is 0 Å². The predicted molar refractivity (Wildman–Crippen MR) is 31.7 cm³/mol. The van der Waals surface area contributed by atoms with E-state index in [2.05, 4.69) is 5.32 Å². The summed E-state index contributed by atoms with van der Waals surface area (Å²) in [5, 5.41) is 9.02. The van der Waals surface area contributed by atoms with Crippen LogP contribution in [0, 0.1) is 5.41 Å². The third kappa shape index (κ3) is 3.08. The highest BCUT2D eigenvalue weighted by atomic mass is 16.1. The van der Waals surface area contributed by atoms with Gasteiger partial charge < -0.3 is 5.32 Å². The molecule has 2 N–H and O–H groups in total. The normalized spacial score (nSPS) is 9.12. The maximum absolute atomic E-state index is 9.60. The molecule has 0 fully saturated rings. The van der Waals surface area contributed by atoms with Gasteiger partial charge in [-0.15, -0.1) is 0 Å². The molecule has 0 spiro atoms. The summed E-state index contributed by atoms with van der Waals surface area (Å²) in [6.07, 6.45) is 3.65. The molecule has 0 aliphatic carbocycles. The van der Waals surface area contributed by atoms with Gasteiger partial charge in [0.25, 0.3) is 0 Å². The zero-order valence-corrected chi connectivity index (χ0v) is 4.64. The van der Waals surface area contributed by atoms with E-state index < -0.39 is 0 Å². The molecule has 0 aromatic heterocycles. The van der Waals surface area contributed by atoms with Crippen LogP contribution in [0.3, 0.4) is 0 Å². The average Bonchev–Trinajstić information content (AvgIpc) is 1.68. The van der Waals surface area contributed by atoms with Crippen molar-refractivity contribution >= 4 is 12.2 Å². The van der Waals surface area contributed by atoms with Crippen molar-refractivity contribution in [1.29, 1.82) is 5.41 Å². The number of allylic oxidation sites excluding steroid dienone is 1. The fraction of sp³-hybridized carbons (Fsp3) is 0.200. The van der Waals surface area contributed by atoms with Gasteiger partial charge in [0.05, 0.1) is 0 Å². The van der Waals surface area contributed by atoms with Gasteiger partial charge in [0.2, 0.25) is 6.41 Å². The van der Waals surface area contributed by atoms with Crippen LogP contribution in [0.1, 0.15) is 6.92 Å². The molecule has 0 atom stereocenters. The summed E-state index contributed by atoms with van der Waals surface area (Å²) in [4.78, 5) is 9.60. The van der Waals surface area contributed by atoms with E-state index in [9.17, 15) is 4.79 Å². The minimum absolute atomic E-state index is 0.113. The SMILES string of the molecule is C/C=C\C(=N)NC=O. The van der Waals surface area contributed by atoms with Gasteiger partial charge in [-0.2, -0.15) is 0 Å². The number of nitrogens with one attached hydrogen (secondary N) is 2. The van der Waals surface area contributed by atoms with Crippen molar-refractivity contribution in [2.45, 2.75) is 6.92 Å². The topological polar surface area (TPSA) is 53.0 Å². The molecule has 0 aromatic rings. The first-order chi connectivity index (χ1) is 3.81. The van der Waals surface area contributed by atoms with E-state index in [1.807, 2.05) is 0 Å². The summed E-state index contributed by atoms with van der Waals surface area (Å²) in [5.74, 6) is 0.113. The Kier molecular flexibility index (Phi) is 3.48.